The molecule has 0 unspecified atom stereocenters. The van der Waals surface area contributed by atoms with Gasteiger partial charge in [-0.2, -0.15) is 4.98 Å². The molecule has 1 N–H and O–H groups in total. The fourth-order valence-corrected chi connectivity index (χ4v) is 3.24. The predicted molar refractivity (Wildman–Crippen MR) is 96.6 cm³/mol. The molecule has 3 rings (SSSR count). The maximum Gasteiger partial charge on any atom is 0.263 e. The number of carbonyl (C=O) groups is 1. The van der Waals surface area contributed by atoms with E-state index < -0.39 is 0 Å². The average molecular weight is 345 g/mol. The molecule has 0 saturated carbocycles. The SMILES string of the molecule is CCc1noc2nc(CCC(=O)NC(C)C)nc(N3CCCCC3)c12. The zero-order valence-corrected chi connectivity index (χ0v) is 15.3. The van der Waals surface area contributed by atoms with Gasteiger partial charge in [0.25, 0.3) is 5.71 Å². The third-order valence-corrected chi connectivity index (χ3v) is 4.45. The minimum Gasteiger partial charge on any atom is -0.356 e. The molecule has 7 nitrogen and oxygen atoms in total. The first-order chi connectivity index (χ1) is 12.1. The third-order valence-electron chi connectivity index (χ3n) is 4.45. The molecule has 0 aliphatic carbocycles. The molecule has 2 aromatic heterocycles. The maximum atomic E-state index is 11.9. The van der Waals surface area contributed by atoms with Crippen LogP contribution < -0.4 is 10.2 Å². The first kappa shape index (κ1) is 17.6. The van der Waals surface area contributed by atoms with Crippen LogP contribution in [-0.2, 0) is 17.6 Å². The topological polar surface area (TPSA) is 84.1 Å². The number of aromatic nitrogens is 3. The van der Waals surface area contributed by atoms with Crippen LogP contribution in [0.5, 0.6) is 0 Å². The molecule has 0 radical (unpaired) electrons. The second kappa shape index (κ2) is 7.80. The van der Waals surface area contributed by atoms with Crippen LogP contribution in [0.2, 0.25) is 0 Å². The quantitative estimate of drug-likeness (QED) is 0.866. The van der Waals surface area contributed by atoms with Gasteiger partial charge in [-0.15, -0.1) is 0 Å². The maximum absolute atomic E-state index is 11.9. The molecule has 1 saturated heterocycles. The van der Waals surface area contributed by atoms with Crippen LogP contribution >= 0.6 is 0 Å². The lowest BCUT2D eigenvalue weighted by atomic mass is 10.1. The van der Waals surface area contributed by atoms with E-state index in [-0.39, 0.29) is 11.9 Å². The van der Waals surface area contributed by atoms with Gasteiger partial charge in [-0.05, 0) is 39.5 Å². The zero-order valence-electron chi connectivity index (χ0n) is 15.3. The fourth-order valence-electron chi connectivity index (χ4n) is 3.24. The molecule has 1 aliphatic rings. The summed E-state index contributed by atoms with van der Waals surface area (Å²) in [6.45, 7) is 7.95. The van der Waals surface area contributed by atoms with Crippen LogP contribution in [-0.4, -0.2) is 40.2 Å². The van der Waals surface area contributed by atoms with Crippen molar-refractivity contribution in [1.82, 2.24) is 20.4 Å². The molecule has 1 fully saturated rings. The third kappa shape index (κ3) is 4.08. The van der Waals surface area contributed by atoms with E-state index in [9.17, 15) is 4.79 Å². The van der Waals surface area contributed by atoms with Crippen molar-refractivity contribution >= 4 is 22.8 Å². The van der Waals surface area contributed by atoms with Gasteiger partial charge in [-0.1, -0.05) is 12.1 Å². The Morgan fingerprint density at radius 3 is 2.68 bits per heavy atom. The summed E-state index contributed by atoms with van der Waals surface area (Å²) >= 11 is 0. The number of piperidine rings is 1. The molecule has 2 aromatic rings. The smallest absolute Gasteiger partial charge is 0.263 e. The fraction of sp³-hybridized carbons (Fsp3) is 0.667. The van der Waals surface area contributed by atoms with E-state index in [1.165, 1.54) is 19.3 Å². The molecule has 0 atom stereocenters. The normalized spacial score (nSPS) is 15.1. The number of amides is 1. The highest BCUT2D eigenvalue weighted by molar-refractivity contribution is 5.88. The van der Waals surface area contributed by atoms with Crippen molar-refractivity contribution in [2.24, 2.45) is 0 Å². The Bertz CT molecular complexity index is 734. The van der Waals surface area contributed by atoms with E-state index in [2.05, 4.69) is 27.3 Å². The molecule has 7 heteroatoms. The number of nitrogens with one attached hydrogen (secondary N) is 1. The van der Waals surface area contributed by atoms with Crippen molar-refractivity contribution in [1.29, 1.82) is 0 Å². The Kier molecular flexibility index (Phi) is 5.50. The summed E-state index contributed by atoms with van der Waals surface area (Å²) in [7, 11) is 0. The Labute approximate surface area is 148 Å². The molecule has 136 valence electrons. The second-order valence-corrected chi connectivity index (χ2v) is 6.90. The lowest BCUT2D eigenvalue weighted by Crippen LogP contribution is -2.31. The molecular weight excluding hydrogens is 318 g/mol. The van der Waals surface area contributed by atoms with Gasteiger partial charge >= 0.3 is 0 Å². The minimum atomic E-state index is 0.0186. The summed E-state index contributed by atoms with van der Waals surface area (Å²) in [6, 6.07) is 0.140. The number of anilines is 1. The number of fused-ring (bicyclic) bond motifs is 1. The summed E-state index contributed by atoms with van der Waals surface area (Å²) in [5, 5.41) is 7.99. The summed E-state index contributed by atoms with van der Waals surface area (Å²) in [6.07, 6.45) is 5.26. The Hall–Kier alpha value is -2.18. The van der Waals surface area contributed by atoms with Crippen molar-refractivity contribution in [2.75, 3.05) is 18.0 Å². The molecule has 0 spiro atoms. The molecule has 1 amide bonds. The van der Waals surface area contributed by atoms with Gasteiger partial charge in [-0.25, -0.2) is 4.98 Å². The summed E-state index contributed by atoms with van der Waals surface area (Å²) in [5.74, 6) is 1.58. The first-order valence-electron chi connectivity index (χ1n) is 9.28. The average Bonchev–Trinajstić information content (AvgIpc) is 3.02. The predicted octanol–water partition coefficient (Wildman–Crippen LogP) is 2.63. The zero-order chi connectivity index (χ0) is 17.8. The van der Waals surface area contributed by atoms with Gasteiger partial charge in [0.2, 0.25) is 5.91 Å². The number of hydrogen-bond donors (Lipinski definition) is 1. The van der Waals surface area contributed by atoms with Crippen LogP contribution in [0.3, 0.4) is 0 Å². The van der Waals surface area contributed by atoms with Gasteiger partial charge in [-0.3, -0.25) is 4.79 Å². The van der Waals surface area contributed by atoms with Crippen molar-refractivity contribution in [2.45, 2.75) is 65.3 Å². The van der Waals surface area contributed by atoms with Crippen molar-refractivity contribution in [3.63, 3.8) is 0 Å². The van der Waals surface area contributed by atoms with Gasteiger partial charge in [0.15, 0.2) is 0 Å². The van der Waals surface area contributed by atoms with E-state index in [1.54, 1.807) is 0 Å². The van der Waals surface area contributed by atoms with Gasteiger partial charge < -0.3 is 14.7 Å². The van der Waals surface area contributed by atoms with E-state index in [1.807, 2.05) is 13.8 Å². The molecule has 25 heavy (non-hydrogen) atoms. The lowest BCUT2D eigenvalue weighted by molar-refractivity contribution is -0.121. The van der Waals surface area contributed by atoms with E-state index >= 15 is 0 Å². The first-order valence-corrected chi connectivity index (χ1v) is 9.28. The van der Waals surface area contributed by atoms with Gasteiger partial charge in [0.1, 0.15) is 17.0 Å². The standard InChI is InChI=1S/C18H27N5O2/c1-4-13-16-17(23-10-6-5-7-11-23)20-14(21-18(16)25-22-13)8-9-15(24)19-12(2)3/h12H,4-11H2,1-3H3,(H,19,24). The molecule has 0 bridgehead atoms. The molecule has 1 aliphatic heterocycles. The van der Waals surface area contributed by atoms with Crippen LogP contribution in [0, 0.1) is 0 Å². The Morgan fingerprint density at radius 2 is 2.00 bits per heavy atom. The van der Waals surface area contributed by atoms with Gasteiger partial charge in [0.05, 0.1) is 5.69 Å². The number of rotatable bonds is 6. The molecular formula is C18H27N5O2. The Balaban J connectivity index is 1.88. The van der Waals surface area contributed by atoms with Crippen molar-refractivity contribution in [3.05, 3.63) is 11.5 Å². The monoisotopic (exact) mass is 345 g/mol. The molecule has 0 aromatic carbocycles. The van der Waals surface area contributed by atoms with E-state index in [4.69, 9.17) is 9.51 Å². The summed E-state index contributed by atoms with van der Waals surface area (Å²) < 4.78 is 5.46. The number of hydrogen-bond acceptors (Lipinski definition) is 6. The highest BCUT2D eigenvalue weighted by Gasteiger charge is 2.22. The number of aryl methyl sites for hydroxylation is 2. The van der Waals surface area contributed by atoms with Crippen LogP contribution in [0.15, 0.2) is 4.52 Å². The largest absolute Gasteiger partial charge is 0.356 e. The lowest BCUT2D eigenvalue weighted by Gasteiger charge is -2.28. The Morgan fingerprint density at radius 1 is 1.24 bits per heavy atom. The summed E-state index contributed by atoms with van der Waals surface area (Å²) in [5.41, 5.74) is 1.44. The highest BCUT2D eigenvalue weighted by atomic mass is 16.5. The minimum absolute atomic E-state index is 0.0186. The van der Waals surface area contributed by atoms with Crippen molar-refractivity contribution in [3.8, 4) is 0 Å². The van der Waals surface area contributed by atoms with Crippen LogP contribution in [0.4, 0.5) is 5.82 Å². The van der Waals surface area contributed by atoms with Crippen LogP contribution in [0.25, 0.3) is 11.1 Å². The van der Waals surface area contributed by atoms with Crippen LogP contribution in [0.1, 0.15) is 58.0 Å². The van der Waals surface area contributed by atoms with Gasteiger partial charge in [0, 0.05) is 32.0 Å². The summed E-state index contributed by atoms with van der Waals surface area (Å²) in [4.78, 5) is 23.5. The molecule has 3 heterocycles. The highest BCUT2D eigenvalue weighted by Crippen LogP contribution is 2.29. The number of carbonyl (C=O) groups excluding carboxylic acids is 1. The number of nitrogens with zero attached hydrogens (tertiary/aromatic N) is 4. The van der Waals surface area contributed by atoms with E-state index in [0.29, 0.717) is 24.4 Å². The second-order valence-electron chi connectivity index (χ2n) is 6.90. The van der Waals surface area contributed by atoms with Crippen molar-refractivity contribution < 1.29 is 9.32 Å². The van der Waals surface area contributed by atoms with E-state index in [0.717, 1.165) is 36.4 Å².